The topological polar surface area (TPSA) is 28.7 Å². The van der Waals surface area contributed by atoms with Gasteiger partial charge in [0, 0.05) is 11.6 Å². The number of hydrogen-bond donors (Lipinski definition) is 1. The highest BCUT2D eigenvalue weighted by Crippen LogP contribution is 2.29. The van der Waals surface area contributed by atoms with Gasteiger partial charge in [-0.15, -0.1) is 12.4 Å². The van der Waals surface area contributed by atoms with E-state index in [4.69, 9.17) is 0 Å². The molecule has 1 aromatic heterocycles. The van der Waals surface area contributed by atoms with Gasteiger partial charge in [0.05, 0.1) is 12.0 Å². The molecule has 20 heavy (non-hydrogen) atoms. The number of hydrogen-bond acceptors (Lipinski definition) is 1. The minimum atomic E-state index is 0. The Hall–Kier alpha value is -1.28. The molecule has 1 unspecified atom stereocenters. The third-order valence-electron chi connectivity index (χ3n) is 4.06. The normalized spacial score (nSPS) is 12.0. The third kappa shape index (κ3) is 3.43. The van der Waals surface area contributed by atoms with Crippen LogP contribution in [0.4, 0.5) is 0 Å². The van der Waals surface area contributed by atoms with Crippen molar-refractivity contribution in [2.45, 2.75) is 52.9 Å². The summed E-state index contributed by atoms with van der Waals surface area (Å²) in [5.41, 5.74) is 6.65. The molecular formula is C17H25ClN2. The van der Waals surface area contributed by atoms with Crippen LogP contribution in [0.5, 0.6) is 0 Å². The van der Waals surface area contributed by atoms with Gasteiger partial charge in [0.15, 0.2) is 0 Å². The van der Waals surface area contributed by atoms with Crippen molar-refractivity contribution in [3.8, 4) is 0 Å². The lowest BCUT2D eigenvalue weighted by Gasteiger charge is -2.16. The van der Waals surface area contributed by atoms with Gasteiger partial charge in [0.2, 0.25) is 0 Å². The Morgan fingerprint density at radius 1 is 1.25 bits per heavy atom. The second-order valence-corrected chi connectivity index (χ2v) is 5.38. The maximum Gasteiger partial charge on any atom is 0.0925 e. The number of aromatic nitrogens is 2. The SMILES string of the molecule is CCCCc1[nH]cnc1C(C)c1cccc(C)c1C.Cl. The van der Waals surface area contributed by atoms with Gasteiger partial charge in [-0.25, -0.2) is 4.98 Å². The molecule has 2 nitrogen and oxygen atoms in total. The Morgan fingerprint density at radius 2 is 2.00 bits per heavy atom. The molecule has 0 bridgehead atoms. The summed E-state index contributed by atoms with van der Waals surface area (Å²) in [7, 11) is 0. The minimum absolute atomic E-state index is 0. The van der Waals surface area contributed by atoms with Crippen LogP contribution in [0.1, 0.15) is 60.7 Å². The molecule has 1 heterocycles. The van der Waals surface area contributed by atoms with Crippen molar-refractivity contribution in [1.29, 1.82) is 0 Å². The molecule has 0 aliphatic rings. The number of aromatic amines is 1. The fourth-order valence-electron chi connectivity index (χ4n) is 2.65. The summed E-state index contributed by atoms with van der Waals surface area (Å²) < 4.78 is 0. The highest BCUT2D eigenvalue weighted by molar-refractivity contribution is 5.85. The molecule has 3 heteroatoms. The molecule has 1 aromatic carbocycles. The first-order chi connectivity index (χ1) is 9.15. The van der Waals surface area contributed by atoms with Crippen molar-refractivity contribution in [3.63, 3.8) is 0 Å². The van der Waals surface area contributed by atoms with E-state index in [9.17, 15) is 0 Å². The number of rotatable bonds is 5. The zero-order chi connectivity index (χ0) is 13.8. The van der Waals surface area contributed by atoms with E-state index in [1.165, 1.54) is 40.9 Å². The summed E-state index contributed by atoms with van der Waals surface area (Å²) in [6.07, 6.45) is 5.37. The highest BCUT2D eigenvalue weighted by Gasteiger charge is 2.17. The number of H-pyrrole nitrogens is 1. The highest BCUT2D eigenvalue weighted by atomic mass is 35.5. The van der Waals surface area contributed by atoms with Crippen molar-refractivity contribution in [2.75, 3.05) is 0 Å². The number of nitrogens with zero attached hydrogens (tertiary/aromatic N) is 1. The molecular weight excluding hydrogens is 268 g/mol. The number of imidazole rings is 1. The Balaban J connectivity index is 0.00000200. The first kappa shape index (κ1) is 16.8. The first-order valence-corrected chi connectivity index (χ1v) is 7.23. The first-order valence-electron chi connectivity index (χ1n) is 7.23. The summed E-state index contributed by atoms with van der Waals surface area (Å²) in [6.45, 7) is 8.87. The van der Waals surface area contributed by atoms with Crippen LogP contribution in [0, 0.1) is 13.8 Å². The maximum atomic E-state index is 4.56. The van der Waals surface area contributed by atoms with Gasteiger partial charge in [-0.05, 0) is 43.4 Å². The van der Waals surface area contributed by atoms with Gasteiger partial charge in [0.1, 0.15) is 0 Å². The van der Waals surface area contributed by atoms with E-state index in [-0.39, 0.29) is 12.4 Å². The van der Waals surface area contributed by atoms with Gasteiger partial charge in [-0.2, -0.15) is 0 Å². The Labute approximate surface area is 128 Å². The predicted octanol–water partition coefficient (Wildman–Crippen LogP) is 4.94. The maximum absolute atomic E-state index is 4.56. The van der Waals surface area contributed by atoms with Crippen LogP contribution < -0.4 is 0 Å². The fourth-order valence-corrected chi connectivity index (χ4v) is 2.65. The fraction of sp³-hybridized carbons (Fsp3) is 0.471. The van der Waals surface area contributed by atoms with E-state index in [0.29, 0.717) is 5.92 Å². The van der Waals surface area contributed by atoms with E-state index >= 15 is 0 Å². The van der Waals surface area contributed by atoms with E-state index < -0.39 is 0 Å². The van der Waals surface area contributed by atoms with Crippen molar-refractivity contribution in [1.82, 2.24) is 9.97 Å². The van der Waals surface area contributed by atoms with Crippen LogP contribution in [0.25, 0.3) is 0 Å². The minimum Gasteiger partial charge on any atom is -0.348 e. The lowest BCUT2D eigenvalue weighted by atomic mass is 9.90. The zero-order valence-corrected chi connectivity index (χ0v) is 13.7. The second-order valence-electron chi connectivity index (χ2n) is 5.38. The molecule has 0 fully saturated rings. The van der Waals surface area contributed by atoms with Gasteiger partial charge < -0.3 is 4.98 Å². The molecule has 2 rings (SSSR count). The molecule has 110 valence electrons. The van der Waals surface area contributed by atoms with Crippen LogP contribution >= 0.6 is 12.4 Å². The standard InChI is InChI=1S/C17H24N2.ClH/c1-5-6-10-16-17(19-11-18-16)14(4)15-9-7-8-12(2)13(15)3;/h7-9,11,14H,5-6,10H2,1-4H3,(H,18,19);1H. The molecule has 2 aromatic rings. The van der Waals surface area contributed by atoms with E-state index in [1.807, 2.05) is 6.33 Å². The van der Waals surface area contributed by atoms with Crippen molar-refractivity contribution >= 4 is 12.4 Å². The number of benzene rings is 1. The molecule has 0 aliphatic heterocycles. The second kappa shape index (κ2) is 7.49. The average molecular weight is 293 g/mol. The summed E-state index contributed by atoms with van der Waals surface area (Å²) in [4.78, 5) is 7.87. The lowest BCUT2D eigenvalue weighted by Crippen LogP contribution is -2.04. The Bertz CT molecular complexity index is 546. The molecule has 0 spiro atoms. The quantitative estimate of drug-likeness (QED) is 0.830. The third-order valence-corrected chi connectivity index (χ3v) is 4.06. The van der Waals surface area contributed by atoms with Crippen LogP contribution in [-0.2, 0) is 6.42 Å². The van der Waals surface area contributed by atoms with Gasteiger partial charge in [-0.1, -0.05) is 38.5 Å². The van der Waals surface area contributed by atoms with Crippen molar-refractivity contribution in [2.24, 2.45) is 0 Å². The number of nitrogens with one attached hydrogen (secondary N) is 1. The molecule has 0 saturated carbocycles. The van der Waals surface area contributed by atoms with Gasteiger partial charge in [0.25, 0.3) is 0 Å². The van der Waals surface area contributed by atoms with Gasteiger partial charge in [-0.3, -0.25) is 0 Å². The molecule has 0 radical (unpaired) electrons. The summed E-state index contributed by atoms with van der Waals surface area (Å²) in [5.74, 6) is 0.359. The molecule has 0 amide bonds. The average Bonchev–Trinajstić information content (AvgIpc) is 2.87. The largest absolute Gasteiger partial charge is 0.348 e. The number of unbranched alkanes of at least 4 members (excludes halogenated alkanes) is 1. The van der Waals surface area contributed by atoms with Crippen LogP contribution in [-0.4, -0.2) is 9.97 Å². The molecule has 0 saturated heterocycles. The van der Waals surface area contributed by atoms with E-state index in [1.54, 1.807) is 0 Å². The Kier molecular flexibility index (Phi) is 6.28. The van der Waals surface area contributed by atoms with Crippen LogP contribution in [0.15, 0.2) is 24.5 Å². The molecule has 1 N–H and O–H groups in total. The van der Waals surface area contributed by atoms with Crippen molar-refractivity contribution in [3.05, 3.63) is 52.6 Å². The number of aryl methyl sites for hydroxylation is 2. The summed E-state index contributed by atoms with van der Waals surface area (Å²) >= 11 is 0. The Morgan fingerprint density at radius 3 is 2.70 bits per heavy atom. The van der Waals surface area contributed by atoms with E-state index in [2.05, 4.69) is 55.9 Å². The van der Waals surface area contributed by atoms with E-state index in [0.717, 1.165) is 6.42 Å². The molecule has 1 atom stereocenters. The van der Waals surface area contributed by atoms with Crippen molar-refractivity contribution < 1.29 is 0 Å². The predicted molar refractivity (Wildman–Crippen MR) is 87.9 cm³/mol. The number of halogens is 1. The monoisotopic (exact) mass is 292 g/mol. The molecule has 0 aliphatic carbocycles. The lowest BCUT2D eigenvalue weighted by molar-refractivity contribution is 0.757. The van der Waals surface area contributed by atoms with Crippen LogP contribution in [0.2, 0.25) is 0 Å². The van der Waals surface area contributed by atoms with Crippen LogP contribution in [0.3, 0.4) is 0 Å². The zero-order valence-electron chi connectivity index (χ0n) is 12.9. The van der Waals surface area contributed by atoms with Gasteiger partial charge >= 0.3 is 0 Å². The summed E-state index contributed by atoms with van der Waals surface area (Å²) in [5, 5.41) is 0. The summed E-state index contributed by atoms with van der Waals surface area (Å²) in [6, 6.07) is 6.55. The smallest absolute Gasteiger partial charge is 0.0925 e.